The number of aromatic nitrogens is 1. The smallest absolute Gasteiger partial charge is 0.115 e. The third-order valence-corrected chi connectivity index (χ3v) is 3.83. The van der Waals surface area contributed by atoms with Crippen molar-refractivity contribution < 1.29 is 5.11 Å². The van der Waals surface area contributed by atoms with Crippen LogP contribution in [0.15, 0.2) is 10.9 Å². The lowest BCUT2D eigenvalue weighted by Gasteiger charge is -2.34. The number of aliphatic hydroxyl groups is 1. The van der Waals surface area contributed by atoms with Crippen molar-refractivity contribution >= 4 is 11.3 Å². The number of thiazole rings is 1. The Morgan fingerprint density at radius 1 is 1.47 bits per heavy atom. The van der Waals surface area contributed by atoms with Crippen LogP contribution in [-0.2, 0) is 0 Å². The van der Waals surface area contributed by atoms with Gasteiger partial charge < -0.3 is 5.11 Å². The van der Waals surface area contributed by atoms with E-state index in [1.54, 1.807) is 5.51 Å². The van der Waals surface area contributed by atoms with Gasteiger partial charge in [0, 0.05) is 5.38 Å². The number of nitriles is 1. The zero-order valence-corrected chi connectivity index (χ0v) is 9.33. The maximum Gasteiger partial charge on any atom is 0.115 e. The van der Waals surface area contributed by atoms with Crippen LogP contribution in [0.5, 0.6) is 0 Å². The van der Waals surface area contributed by atoms with Crippen LogP contribution in [0.2, 0.25) is 0 Å². The molecule has 1 aromatic rings. The molecular weight excluding hydrogens is 208 g/mol. The summed E-state index contributed by atoms with van der Waals surface area (Å²) < 4.78 is 0. The highest BCUT2D eigenvalue weighted by Gasteiger charge is 2.40. The molecule has 1 aliphatic rings. The van der Waals surface area contributed by atoms with Gasteiger partial charge in [0.1, 0.15) is 6.10 Å². The fraction of sp³-hybridized carbons (Fsp3) is 0.636. The summed E-state index contributed by atoms with van der Waals surface area (Å²) >= 11 is 1.46. The van der Waals surface area contributed by atoms with Gasteiger partial charge in [-0.2, -0.15) is 5.26 Å². The minimum atomic E-state index is -0.714. The standard InChI is InChI=1S/C11H14N2OS/c12-7-11(4-2-1-3-5-11)10(14)9-6-15-8-13-9/h6,8,10,14H,1-5H2. The Kier molecular flexibility index (Phi) is 3.03. The van der Waals surface area contributed by atoms with Crippen LogP contribution >= 0.6 is 11.3 Å². The molecule has 4 heteroatoms. The number of hydrogen-bond acceptors (Lipinski definition) is 4. The van der Waals surface area contributed by atoms with E-state index in [-0.39, 0.29) is 0 Å². The summed E-state index contributed by atoms with van der Waals surface area (Å²) in [5.74, 6) is 0. The first-order chi connectivity index (χ1) is 7.28. The molecule has 0 aliphatic heterocycles. The average molecular weight is 222 g/mol. The van der Waals surface area contributed by atoms with E-state index in [1.165, 1.54) is 17.8 Å². The molecule has 1 saturated carbocycles. The van der Waals surface area contributed by atoms with Gasteiger partial charge in [-0.25, -0.2) is 4.98 Å². The number of rotatable bonds is 2. The Morgan fingerprint density at radius 3 is 2.73 bits per heavy atom. The average Bonchev–Trinajstić information content (AvgIpc) is 2.82. The van der Waals surface area contributed by atoms with Crippen LogP contribution in [0.1, 0.15) is 43.9 Å². The van der Waals surface area contributed by atoms with Gasteiger partial charge in [0.25, 0.3) is 0 Å². The normalized spacial score (nSPS) is 21.9. The van der Waals surface area contributed by atoms with Crippen molar-refractivity contribution in [2.45, 2.75) is 38.2 Å². The van der Waals surface area contributed by atoms with Crippen LogP contribution in [0.25, 0.3) is 0 Å². The Hall–Kier alpha value is -0.920. The van der Waals surface area contributed by atoms with Crippen LogP contribution in [-0.4, -0.2) is 10.1 Å². The summed E-state index contributed by atoms with van der Waals surface area (Å²) in [6.45, 7) is 0. The number of aliphatic hydroxyl groups excluding tert-OH is 1. The lowest BCUT2D eigenvalue weighted by molar-refractivity contribution is 0.0332. The quantitative estimate of drug-likeness (QED) is 0.837. The summed E-state index contributed by atoms with van der Waals surface area (Å²) in [5, 5.41) is 21.3. The lowest BCUT2D eigenvalue weighted by atomic mass is 9.70. The van der Waals surface area contributed by atoms with Crippen molar-refractivity contribution in [3.63, 3.8) is 0 Å². The van der Waals surface area contributed by atoms with E-state index >= 15 is 0 Å². The lowest BCUT2D eigenvalue weighted by Crippen LogP contribution is -2.30. The first-order valence-electron chi connectivity index (χ1n) is 5.26. The molecular formula is C11H14N2OS. The minimum Gasteiger partial charge on any atom is -0.385 e. The van der Waals surface area contributed by atoms with Gasteiger partial charge >= 0.3 is 0 Å². The largest absolute Gasteiger partial charge is 0.385 e. The predicted octanol–water partition coefficient (Wildman–Crippen LogP) is 2.65. The van der Waals surface area contributed by atoms with Crippen molar-refractivity contribution in [3.05, 3.63) is 16.6 Å². The molecule has 80 valence electrons. The second-order valence-electron chi connectivity index (χ2n) is 4.14. The fourth-order valence-corrected chi connectivity index (χ4v) is 2.84. The highest BCUT2D eigenvalue weighted by atomic mass is 32.1. The SMILES string of the molecule is N#CC1(C(O)c2cscn2)CCCCC1. The third-order valence-electron chi connectivity index (χ3n) is 3.22. The number of hydrogen-bond donors (Lipinski definition) is 1. The predicted molar refractivity (Wildman–Crippen MR) is 58.2 cm³/mol. The summed E-state index contributed by atoms with van der Waals surface area (Å²) in [7, 11) is 0. The van der Waals surface area contributed by atoms with Crippen LogP contribution < -0.4 is 0 Å². The Labute approximate surface area is 93.4 Å². The van der Waals surface area contributed by atoms with Crippen molar-refractivity contribution in [2.24, 2.45) is 5.41 Å². The maximum absolute atomic E-state index is 10.2. The molecule has 0 aromatic carbocycles. The molecule has 1 fully saturated rings. The molecule has 1 unspecified atom stereocenters. The Morgan fingerprint density at radius 2 is 2.20 bits per heavy atom. The third kappa shape index (κ3) is 1.90. The molecule has 0 radical (unpaired) electrons. The highest BCUT2D eigenvalue weighted by Crippen LogP contribution is 2.45. The first kappa shape index (κ1) is 10.6. The van der Waals surface area contributed by atoms with Crippen molar-refractivity contribution in [1.29, 1.82) is 5.26 Å². The van der Waals surface area contributed by atoms with Gasteiger partial charge in [0.2, 0.25) is 0 Å². The molecule has 0 amide bonds. The molecule has 0 saturated heterocycles. The van der Waals surface area contributed by atoms with E-state index in [0.717, 1.165) is 25.7 Å². The minimum absolute atomic E-state index is 0.591. The fourth-order valence-electron chi connectivity index (χ4n) is 2.27. The van der Waals surface area contributed by atoms with Crippen molar-refractivity contribution in [2.75, 3.05) is 0 Å². The van der Waals surface area contributed by atoms with Crippen molar-refractivity contribution in [3.8, 4) is 6.07 Å². The first-order valence-corrected chi connectivity index (χ1v) is 6.20. The van der Waals surface area contributed by atoms with E-state index < -0.39 is 11.5 Å². The van der Waals surface area contributed by atoms with Crippen LogP contribution in [0.3, 0.4) is 0 Å². The van der Waals surface area contributed by atoms with Gasteiger partial charge in [0.15, 0.2) is 0 Å². The molecule has 1 aromatic heterocycles. The highest BCUT2D eigenvalue weighted by molar-refractivity contribution is 7.07. The van der Waals surface area contributed by atoms with E-state index in [4.69, 9.17) is 0 Å². The zero-order chi connectivity index (χ0) is 10.7. The summed E-state index contributed by atoms with van der Waals surface area (Å²) in [5.41, 5.74) is 1.77. The molecule has 1 heterocycles. The van der Waals surface area contributed by atoms with Gasteiger partial charge in [-0.3, -0.25) is 0 Å². The van der Waals surface area contributed by atoms with Gasteiger partial charge in [0.05, 0.1) is 22.7 Å². The Balaban J connectivity index is 2.23. The summed E-state index contributed by atoms with van der Waals surface area (Å²) in [4.78, 5) is 4.10. The van der Waals surface area contributed by atoms with Crippen LogP contribution in [0, 0.1) is 16.7 Å². The van der Waals surface area contributed by atoms with E-state index in [0.29, 0.717) is 5.69 Å². The zero-order valence-electron chi connectivity index (χ0n) is 8.52. The van der Waals surface area contributed by atoms with Crippen LogP contribution in [0.4, 0.5) is 0 Å². The van der Waals surface area contributed by atoms with Gasteiger partial charge in [-0.1, -0.05) is 19.3 Å². The molecule has 1 aliphatic carbocycles. The molecule has 3 nitrogen and oxygen atoms in total. The van der Waals surface area contributed by atoms with E-state index in [9.17, 15) is 10.4 Å². The van der Waals surface area contributed by atoms with Crippen molar-refractivity contribution in [1.82, 2.24) is 4.98 Å². The molecule has 1 N–H and O–H groups in total. The second kappa shape index (κ2) is 4.30. The number of nitrogens with zero attached hydrogens (tertiary/aromatic N) is 2. The molecule has 0 bridgehead atoms. The van der Waals surface area contributed by atoms with Gasteiger partial charge in [-0.05, 0) is 12.8 Å². The second-order valence-corrected chi connectivity index (χ2v) is 4.86. The van der Waals surface area contributed by atoms with E-state index in [2.05, 4.69) is 11.1 Å². The molecule has 1 atom stereocenters. The van der Waals surface area contributed by atoms with Gasteiger partial charge in [-0.15, -0.1) is 11.3 Å². The molecule has 0 spiro atoms. The molecule has 2 rings (SSSR count). The summed E-state index contributed by atoms with van der Waals surface area (Å²) in [6.07, 6.45) is 4.12. The topological polar surface area (TPSA) is 56.9 Å². The molecule has 15 heavy (non-hydrogen) atoms. The van der Waals surface area contributed by atoms with E-state index in [1.807, 2.05) is 5.38 Å². The Bertz CT molecular complexity index is 349. The maximum atomic E-state index is 10.2. The summed E-state index contributed by atoms with van der Waals surface area (Å²) in [6, 6.07) is 2.32. The monoisotopic (exact) mass is 222 g/mol.